The van der Waals surface area contributed by atoms with Gasteiger partial charge in [-0.3, -0.25) is 0 Å². The molecular formula is C11H16N4OS2. The highest BCUT2D eigenvalue weighted by atomic mass is 32.2. The summed E-state index contributed by atoms with van der Waals surface area (Å²) >= 11 is 3.48. The molecular weight excluding hydrogens is 268 g/mol. The van der Waals surface area contributed by atoms with E-state index in [1.54, 1.807) is 29.7 Å². The average Bonchev–Trinajstić information content (AvgIpc) is 2.75. The number of aliphatic hydroxyl groups is 1. The Hall–Kier alpha value is -0.920. The molecule has 1 aromatic heterocycles. The van der Waals surface area contributed by atoms with E-state index in [4.69, 9.17) is 10.8 Å². The lowest BCUT2D eigenvalue weighted by molar-refractivity contribution is 0.301. The summed E-state index contributed by atoms with van der Waals surface area (Å²) in [5.74, 6) is 1.42. The first kappa shape index (κ1) is 13.5. The van der Waals surface area contributed by atoms with Crippen LogP contribution in [0.3, 0.4) is 0 Å². The van der Waals surface area contributed by atoms with E-state index in [1.165, 1.54) is 16.3 Å². The molecule has 0 bridgehead atoms. The fraction of sp³-hybridized carbons (Fsp3) is 0.455. The van der Waals surface area contributed by atoms with Crippen molar-refractivity contribution in [2.24, 2.45) is 0 Å². The molecule has 3 N–H and O–H groups in total. The van der Waals surface area contributed by atoms with Crippen molar-refractivity contribution in [1.82, 2.24) is 14.9 Å². The number of aromatic nitrogens is 2. The van der Waals surface area contributed by atoms with E-state index in [0.717, 1.165) is 17.9 Å². The third-order valence-corrected chi connectivity index (χ3v) is 4.84. The Kier molecular flexibility index (Phi) is 4.73. The average molecular weight is 284 g/mol. The quantitative estimate of drug-likeness (QED) is 0.848. The number of hydrogen-bond acceptors (Lipinski definition) is 7. The topological polar surface area (TPSA) is 75.3 Å². The molecule has 0 atom stereocenters. The first-order valence-corrected chi connectivity index (χ1v) is 7.77. The van der Waals surface area contributed by atoms with Crippen molar-refractivity contribution in [3.63, 3.8) is 0 Å². The Morgan fingerprint density at radius 1 is 1.61 bits per heavy atom. The van der Waals surface area contributed by atoms with Gasteiger partial charge in [0.15, 0.2) is 0 Å². The minimum atomic E-state index is 0.191. The zero-order valence-corrected chi connectivity index (χ0v) is 11.8. The Morgan fingerprint density at radius 2 is 2.44 bits per heavy atom. The lowest BCUT2D eigenvalue weighted by Gasteiger charge is -2.20. The molecule has 5 nitrogen and oxygen atoms in total. The summed E-state index contributed by atoms with van der Waals surface area (Å²) in [5, 5.41) is 10.3. The lowest BCUT2D eigenvalue weighted by atomic mass is 10.3. The molecule has 7 heteroatoms. The van der Waals surface area contributed by atoms with Crippen LogP contribution in [0.25, 0.3) is 0 Å². The molecule has 0 amide bonds. The van der Waals surface area contributed by atoms with Crippen molar-refractivity contribution in [2.45, 2.75) is 13.0 Å². The van der Waals surface area contributed by atoms with Crippen molar-refractivity contribution >= 4 is 29.3 Å². The molecule has 0 unspecified atom stereocenters. The normalized spacial score (nSPS) is 15.6. The molecule has 0 aromatic carbocycles. The first-order chi connectivity index (χ1) is 8.76. The van der Waals surface area contributed by atoms with Gasteiger partial charge in [0, 0.05) is 36.2 Å². The van der Waals surface area contributed by atoms with Crippen molar-refractivity contribution in [3.05, 3.63) is 28.0 Å². The summed E-state index contributed by atoms with van der Waals surface area (Å²) < 4.78 is 0. The van der Waals surface area contributed by atoms with Crippen LogP contribution < -0.4 is 5.73 Å². The number of anilines is 1. The zero-order chi connectivity index (χ0) is 13.0. The van der Waals surface area contributed by atoms with Crippen LogP contribution in [-0.4, -0.2) is 38.7 Å². The lowest BCUT2D eigenvalue weighted by Crippen LogP contribution is -2.18. The fourth-order valence-corrected chi connectivity index (χ4v) is 4.03. The van der Waals surface area contributed by atoms with Gasteiger partial charge in [-0.05, 0) is 6.26 Å². The highest BCUT2D eigenvalue weighted by Gasteiger charge is 2.22. The van der Waals surface area contributed by atoms with Gasteiger partial charge in [0.1, 0.15) is 12.1 Å². The van der Waals surface area contributed by atoms with Crippen molar-refractivity contribution in [2.75, 3.05) is 24.5 Å². The number of nitrogens with two attached hydrogens (primary N) is 1. The minimum Gasteiger partial charge on any atom is -0.396 e. The molecule has 0 saturated carbocycles. The van der Waals surface area contributed by atoms with Gasteiger partial charge in [0.05, 0.1) is 10.9 Å². The second kappa shape index (κ2) is 6.31. The van der Waals surface area contributed by atoms with E-state index in [-0.39, 0.29) is 6.61 Å². The largest absolute Gasteiger partial charge is 0.396 e. The van der Waals surface area contributed by atoms with E-state index < -0.39 is 0 Å². The van der Waals surface area contributed by atoms with Crippen LogP contribution in [0.5, 0.6) is 0 Å². The van der Waals surface area contributed by atoms with Crippen molar-refractivity contribution in [1.29, 1.82) is 0 Å². The molecule has 0 aliphatic carbocycles. The highest BCUT2D eigenvalue weighted by Crippen LogP contribution is 2.40. The number of nitrogens with zero attached hydrogens (tertiary/aromatic N) is 3. The third kappa shape index (κ3) is 2.90. The molecule has 0 saturated heterocycles. The van der Waals surface area contributed by atoms with Crippen molar-refractivity contribution < 1.29 is 5.11 Å². The zero-order valence-electron chi connectivity index (χ0n) is 10.2. The fourth-order valence-electron chi connectivity index (χ4n) is 1.79. The number of rotatable bonds is 5. The van der Waals surface area contributed by atoms with Gasteiger partial charge in [-0.25, -0.2) is 9.97 Å². The third-order valence-electron chi connectivity index (χ3n) is 2.64. The smallest absolute Gasteiger partial charge is 0.131 e. The summed E-state index contributed by atoms with van der Waals surface area (Å²) in [6.45, 7) is 0.904. The Balaban J connectivity index is 2.13. The van der Waals surface area contributed by atoms with Gasteiger partial charge in [-0.2, -0.15) is 0 Å². The van der Waals surface area contributed by atoms with E-state index in [1.807, 2.05) is 0 Å². The van der Waals surface area contributed by atoms with Crippen LogP contribution in [0.2, 0.25) is 0 Å². The molecule has 0 radical (unpaired) electrons. The summed E-state index contributed by atoms with van der Waals surface area (Å²) in [6.07, 6.45) is 5.99. The van der Waals surface area contributed by atoms with E-state index in [9.17, 15) is 0 Å². The van der Waals surface area contributed by atoms with Gasteiger partial charge in [-0.15, -0.1) is 23.5 Å². The molecule has 1 aromatic rings. The van der Waals surface area contributed by atoms with Gasteiger partial charge in [0.2, 0.25) is 0 Å². The molecule has 98 valence electrons. The Morgan fingerprint density at radius 3 is 3.11 bits per heavy atom. The van der Waals surface area contributed by atoms with Gasteiger partial charge >= 0.3 is 0 Å². The highest BCUT2D eigenvalue weighted by molar-refractivity contribution is 8.07. The van der Waals surface area contributed by atoms with Gasteiger partial charge in [-0.1, -0.05) is 0 Å². The predicted molar refractivity (Wildman–Crippen MR) is 76.7 cm³/mol. The standard InChI is InChI=1S/C11H16N4OS2/c1-17-11-9(2-3-16)18-7-15(11)5-8-4-13-6-14-10(8)12/h4,6,16H,2-3,5,7H2,1H3,(H2,12,13,14). The molecule has 0 spiro atoms. The van der Waals surface area contributed by atoms with Crippen LogP contribution in [0.1, 0.15) is 12.0 Å². The van der Waals surface area contributed by atoms with Gasteiger partial charge in [0.25, 0.3) is 0 Å². The van der Waals surface area contributed by atoms with Crippen molar-refractivity contribution in [3.8, 4) is 0 Å². The molecule has 2 heterocycles. The number of aliphatic hydroxyl groups excluding tert-OH is 1. The van der Waals surface area contributed by atoms with Crippen LogP contribution in [0, 0.1) is 0 Å². The maximum Gasteiger partial charge on any atom is 0.131 e. The van der Waals surface area contributed by atoms with E-state index >= 15 is 0 Å². The van der Waals surface area contributed by atoms with Crippen LogP contribution in [0.4, 0.5) is 5.82 Å². The van der Waals surface area contributed by atoms with E-state index in [0.29, 0.717) is 12.4 Å². The predicted octanol–water partition coefficient (Wildman–Crippen LogP) is 1.48. The SMILES string of the molecule is CSC1=C(CCO)SCN1Cc1cncnc1N. The van der Waals surface area contributed by atoms with Gasteiger partial charge < -0.3 is 15.7 Å². The molecule has 1 aliphatic heterocycles. The Labute approximate surface area is 115 Å². The van der Waals surface area contributed by atoms with Crippen LogP contribution in [-0.2, 0) is 6.54 Å². The van der Waals surface area contributed by atoms with Crippen LogP contribution in [0.15, 0.2) is 22.5 Å². The number of thioether (sulfide) groups is 2. The summed E-state index contributed by atoms with van der Waals surface area (Å²) in [7, 11) is 0. The second-order valence-corrected chi connectivity index (χ2v) is 5.65. The van der Waals surface area contributed by atoms with Crippen LogP contribution >= 0.6 is 23.5 Å². The molecule has 0 fully saturated rings. The minimum absolute atomic E-state index is 0.191. The number of hydrogen-bond donors (Lipinski definition) is 2. The Bertz CT molecular complexity index is 452. The first-order valence-electron chi connectivity index (χ1n) is 5.56. The second-order valence-electron chi connectivity index (χ2n) is 3.81. The maximum absolute atomic E-state index is 9.04. The summed E-state index contributed by atoms with van der Waals surface area (Å²) in [5.41, 5.74) is 6.77. The monoisotopic (exact) mass is 284 g/mol. The summed E-state index contributed by atoms with van der Waals surface area (Å²) in [6, 6.07) is 0. The molecule has 18 heavy (non-hydrogen) atoms. The maximum atomic E-state index is 9.04. The molecule has 1 aliphatic rings. The molecule has 2 rings (SSSR count). The van der Waals surface area contributed by atoms with E-state index in [2.05, 4.69) is 21.1 Å². The summed E-state index contributed by atoms with van der Waals surface area (Å²) in [4.78, 5) is 11.5. The number of nitrogen functional groups attached to an aromatic ring is 1.